The first-order valence-corrected chi connectivity index (χ1v) is 6.58. The molecule has 6 heteroatoms. The van der Waals surface area contributed by atoms with Crippen LogP contribution in [0.3, 0.4) is 0 Å². The normalized spacial score (nSPS) is 30.4. The summed E-state index contributed by atoms with van der Waals surface area (Å²) in [6, 6.07) is 0.163. The Labute approximate surface area is 98.4 Å². The largest absolute Gasteiger partial charge is 0.352 e. The summed E-state index contributed by atoms with van der Waals surface area (Å²) < 4.78 is 11.1. The molecule has 88 valence electrons. The van der Waals surface area contributed by atoms with Gasteiger partial charge in [0, 0.05) is 34.8 Å². The highest BCUT2D eigenvalue weighted by Gasteiger charge is 2.25. The molecule has 0 spiro atoms. The van der Waals surface area contributed by atoms with Crippen molar-refractivity contribution in [3.8, 4) is 0 Å². The third kappa shape index (κ3) is 3.74. The summed E-state index contributed by atoms with van der Waals surface area (Å²) in [5.41, 5.74) is 0. The topological polar surface area (TPSA) is 58.2 Å². The molecule has 0 aromatic carbocycles. The van der Waals surface area contributed by atoms with Crippen LogP contribution in [0.15, 0.2) is 0 Å². The van der Waals surface area contributed by atoms with Gasteiger partial charge in [-0.25, -0.2) is 0 Å². The second-order valence-corrected chi connectivity index (χ2v) is 5.71. The van der Waals surface area contributed by atoms with Crippen molar-refractivity contribution in [3.05, 3.63) is 0 Å². The van der Waals surface area contributed by atoms with Gasteiger partial charge in [0.05, 0.1) is 0 Å². The predicted molar refractivity (Wildman–Crippen MR) is 62.6 cm³/mol. The van der Waals surface area contributed by atoms with Gasteiger partial charge in [-0.2, -0.15) is 0 Å². The maximum atomic E-state index is 11.5. The zero-order valence-corrected chi connectivity index (χ0v) is 10.2. The molecular formula is C9H17ClN2O2S. The molecule has 2 fully saturated rings. The molecule has 0 bridgehead atoms. The monoisotopic (exact) mass is 252 g/mol. The van der Waals surface area contributed by atoms with Crippen molar-refractivity contribution in [2.45, 2.75) is 18.9 Å². The summed E-state index contributed by atoms with van der Waals surface area (Å²) in [7, 11) is -0.697. The number of hydrogen-bond donors (Lipinski definition) is 2. The first kappa shape index (κ1) is 12.9. The van der Waals surface area contributed by atoms with E-state index in [1.165, 1.54) is 0 Å². The molecule has 0 aromatic rings. The van der Waals surface area contributed by atoms with Crippen molar-refractivity contribution in [2.75, 3.05) is 24.6 Å². The maximum Gasteiger partial charge on any atom is 0.220 e. The van der Waals surface area contributed by atoms with Gasteiger partial charge in [0.2, 0.25) is 5.91 Å². The summed E-state index contributed by atoms with van der Waals surface area (Å²) in [5.74, 6) is 2.03. The Balaban J connectivity index is 0.00000112. The smallest absolute Gasteiger partial charge is 0.220 e. The van der Waals surface area contributed by atoms with Crippen molar-refractivity contribution in [1.82, 2.24) is 10.6 Å². The molecule has 2 atom stereocenters. The first-order valence-electron chi connectivity index (χ1n) is 5.09. The maximum absolute atomic E-state index is 11.5. The van der Waals surface area contributed by atoms with E-state index in [0.717, 1.165) is 25.3 Å². The van der Waals surface area contributed by atoms with Crippen LogP contribution >= 0.6 is 12.4 Å². The van der Waals surface area contributed by atoms with E-state index in [1.807, 2.05) is 0 Å². The van der Waals surface area contributed by atoms with Gasteiger partial charge < -0.3 is 10.6 Å². The van der Waals surface area contributed by atoms with Gasteiger partial charge in [0.15, 0.2) is 0 Å². The molecule has 0 aliphatic carbocycles. The van der Waals surface area contributed by atoms with E-state index in [4.69, 9.17) is 0 Å². The van der Waals surface area contributed by atoms with Crippen LogP contribution in [0.2, 0.25) is 0 Å². The summed E-state index contributed by atoms with van der Waals surface area (Å²) >= 11 is 0. The summed E-state index contributed by atoms with van der Waals surface area (Å²) in [6.07, 6.45) is 1.50. The first-order chi connectivity index (χ1) is 6.74. The van der Waals surface area contributed by atoms with E-state index in [9.17, 15) is 9.00 Å². The average molecular weight is 253 g/mol. The van der Waals surface area contributed by atoms with E-state index in [1.54, 1.807) is 0 Å². The van der Waals surface area contributed by atoms with Crippen molar-refractivity contribution in [3.63, 3.8) is 0 Å². The lowest BCUT2D eigenvalue weighted by molar-refractivity contribution is -0.122. The highest BCUT2D eigenvalue weighted by Crippen LogP contribution is 2.11. The molecule has 2 rings (SSSR count). The van der Waals surface area contributed by atoms with E-state index < -0.39 is 10.8 Å². The molecule has 0 radical (unpaired) electrons. The Morgan fingerprint density at radius 2 is 2.20 bits per heavy atom. The third-order valence-electron chi connectivity index (χ3n) is 2.79. The van der Waals surface area contributed by atoms with Crippen molar-refractivity contribution in [1.29, 1.82) is 0 Å². The summed E-state index contributed by atoms with van der Waals surface area (Å²) in [5, 5.41) is 6.09. The molecule has 2 heterocycles. The van der Waals surface area contributed by atoms with E-state index in [-0.39, 0.29) is 24.4 Å². The zero-order chi connectivity index (χ0) is 9.97. The average Bonchev–Trinajstić information content (AvgIpc) is 2.44. The molecule has 2 aliphatic heterocycles. The van der Waals surface area contributed by atoms with Crippen LogP contribution in [0.5, 0.6) is 0 Å². The van der Waals surface area contributed by atoms with Crippen molar-refractivity contribution >= 4 is 29.1 Å². The Hall–Kier alpha value is -0.130. The van der Waals surface area contributed by atoms with E-state index in [2.05, 4.69) is 10.6 Å². The number of rotatable bonds is 3. The van der Waals surface area contributed by atoms with Gasteiger partial charge >= 0.3 is 0 Å². The van der Waals surface area contributed by atoms with Gasteiger partial charge in [0.25, 0.3) is 0 Å². The van der Waals surface area contributed by atoms with Crippen molar-refractivity contribution < 1.29 is 9.00 Å². The Bertz CT molecular complexity index is 258. The standard InChI is InChI=1S/C9H16N2O2S.ClH/c12-9(3-7-4-10-5-7)11-8-1-2-14(13)6-8;/h7-8,10H,1-6H2,(H,11,12);1H. The molecule has 0 saturated carbocycles. The molecule has 4 nitrogen and oxygen atoms in total. The minimum Gasteiger partial charge on any atom is -0.352 e. The third-order valence-corrected chi connectivity index (χ3v) is 4.25. The molecular weight excluding hydrogens is 236 g/mol. The lowest BCUT2D eigenvalue weighted by Crippen LogP contribution is -2.46. The fourth-order valence-electron chi connectivity index (χ4n) is 1.82. The number of hydrogen-bond acceptors (Lipinski definition) is 3. The highest BCUT2D eigenvalue weighted by atomic mass is 35.5. The van der Waals surface area contributed by atoms with Crippen LogP contribution in [0, 0.1) is 5.92 Å². The van der Waals surface area contributed by atoms with Gasteiger partial charge in [0.1, 0.15) is 0 Å². The fourth-order valence-corrected chi connectivity index (χ4v) is 3.23. The van der Waals surface area contributed by atoms with Gasteiger partial charge in [-0.3, -0.25) is 9.00 Å². The number of nitrogens with one attached hydrogen (secondary N) is 2. The van der Waals surface area contributed by atoms with Crippen LogP contribution in [0.4, 0.5) is 0 Å². The Morgan fingerprint density at radius 3 is 2.67 bits per heavy atom. The predicted octanol–water partition coefficient (Wildman–Crippen LogP) is -0.345. The second kappa shape index (κ2) is 5.82. The lowest BCUT2D eigenvalue weighted by atomic mass is 9.99. The zero-order valence-electron chi connectivity index (χ0n) is 8.53. The molecule has 1 amide bonds. The number of carbonyl (C=O) groups excluding carboxylic acids is 1. The SMILES string of the molecule is Cl.O=C(CC1CNC1)NC1CCS(=O)C1. The second-order valence-electron chi connectivity index (χ2n) is 4.09. The fraction of sp³-hybridized carbons (Fsp3) is 0.889. The number of halogens is 1. The number of amides is 1. The van der Waals surface area contributed by atoms with Gasteiger partial charge in [-0.05, 0) is 25.4 Å². The van der Waals surface area contributed by atoms with E-state index >= 15 is 0 Å². The minimum atomic E-state index is -0.697. The van der Waals surface area contributed by atoms with Crippen molar-refractivity contribution in [2.24, 2.45) is 5.92 Å². The molecule has 15 heavy (non-hydrogen) atoms. The summed E-state index contributed by atoms with van der Waals surface area (Å²) in [6.45, 7) is 1.92. The minimum absolute atomic E-state index is 0. The van der Waals surface area contributed by atoms with Crippen LogP contribution < -0.4 is 10.6 Å². The van der Waals surface area contributed by atoms with Crippen LogP contribution in [0.25, 0.3) is 0 Å². The van der Waals surface area contributed by atoms with Gasteiger partial charge in [-0.15, -0.1) is 12.4 Å². The molecule has 2 unspecified atom stereocenters. The number of carbonyl (C=O) groups is 1. The van der Waals surface area contributed by atoms with Gasteiger partial charge in [-0.1, -0.05) is 0 Å². The summed E-state index contributed by atoms with van der Waals surface area (Å²) in [4.78, 5) is 11.5. The molecule has 2 saturated heterocycles. The van der Waals surface area contributed by atoms with Crippen LogP contribution in [0.1, 0.15) is 12.8 Å². The van der Waals surface area contributed by atoms with Crippen LogP contribution in [-0.4, -0.2) is 40.8 Å². The Morgan fingerprint density at radius 1 is 1.47 bits per heavy atom. The van der Waals surface area contributed by atoms with Crippen LogP contribution in [-0.2, 0) is 15.6 Å². The Kier molecular flexibility index (Phi) is 5.02. The highest BCUT2D eigenvalue weighted by molar-refractivity contribution is 7.85. The molecule has 2 aliphatic rings. The molecule has 0 aromatic heterocycles. The quantitative estimate of drug-likeness (QED) is 0.722. The lowest BCUT2D eigenvalue weighted by Gasteiger charge is -2.26. The molecule has 2 N–H and O–H groups in total. The van der Waals surface area contributed by atoms with E-state index in [0.29, 0.717) is 18.1 Å².